The maximum atomic E-state index is 2.66. The SMILES string of the molecule is CC(C)(C)C1C(C(C)(C)C)[Si](C)(C)CC[Si]1(C)C. The van der Waals surface area contributed by atoms with Crippen molar-refractivity contribution < 1.29 is 0 Å². The van der Waals surface area contributed by atoms with Crippen molar-refractivity contribution in [1.82, 2.24) is 0 Å². The lowest BCUT2D eigenvalue weighted by Gasteiger charge is -2.59. The molecule has 0 aromatic heterocycles. The minimum atomic E-state index is -1.08. The fourth-order valence-corrected chi connectivity index (χ4v) is 21.2. The van der Waals surface area contributed by atoms with E-state index in [2.05, 4.69) is 67.7 Å². The lowest BCUT2D eigenvalue weighted by Crippen LogP contribution is -2.57. The third-order valence-corrected chi connectivity index (χ3v) is 15.0. The van der Waals surface area contributed by atoms with Crippen molar-refractivity contribution in [3.63, 3.8) is 0 Å². The molecule has 0 amide bonds. The zero-order chi connectivity index (χ0) is 14.6. The summed E-state index contributed by atoms with van der Waals surface area (Å²) in [6, 6.07) is 3.14. The van der Waals surface area contributed by atoms with Gasteiger partial charge in [-0.2, -0.15) is 0 Å². The molecule has 1 heterocycles. The largest absolute Gasteiger partial charge is 0.0691 e. The van der Waals surface area contributed by atoms with Gasteiger partial charge in [0.2, 0.25) is 0 Å². The van der Waals surface area contributed by atoms with Gasteiger partial charge in [0.25, 0.3) is 0 Å². The van der Waals surface area contributed by atoms with Gasteiger partial charge in [-0.15, -0.1) is 0 Å². The van der Waals surface area contributed by atoms with Gasteiger partial charge in [0, 0.05) is 0 Å². The van der Waals surface area contributed by atoms with Gasteiger partial charge >= 0.3 is 0 Å². The van der Waals surface area contributed by atoms with Gasteiger partial charge in [0.05, 0.1) is 16.1 Å². The van der Waals surface area contributed by atoms with Crippen LogP contribution in [0.15, 0.2) is 0 Å². The van der Waals surface area contributed by atoms with E-state index in [0.29, 0.717) is 10.8 Å². The molecule has 0 spiro atoms. The highest BCUT2D eigenvalue weighted by Crippen LogP contribution is 2.63. The molecular weight excluding hydrogens is 248 g/mol. The van der Waals surface area contributed by atoms with E-state index in [1.807, 2.05) is 0 Å². The van der Waals surface area contributed by atoms with Crippen LogP contribution in [-0.2, 0) is 0 Å². The van der Waals surface area contributed by atoms with Gasteiger partial charge in [0.1, 0.15) is 0 Å². The summed E-state index contributed by atoms with van der Waals surface area (Å²) in [4.78, 5) is 0. The maximum absolute atomic E-state index is 2.66. The summed E-state index contributed by atoms with van der Waals surface area (Å²) >= 11 is 0. The standard InChI is InChI=1S/C16H36Si2/c1-15(2,3)13-14(16(4,5)6)18(9,10)12-11-17(13,7)8/h13-14H,11-12H2,1-10H3. The molecule has 0 saturated carbocycles. The second-order valence-corrected chi connectivity index (χ2v) is 20.4. The van der Waals surface area contributed by atoms with E-state index in [-0.39, 0.29) is 0 Å². The first-order valence-electron chi connectivity index (χ1n) is 7.70. The molecule has 1 fully saturated rings. The maximum Gasteiger partial charge on any atom is 0.0507 e. The Balaban J connectivity index is 3.33. The molecule has 0 N–H and O–H groups in total. The Morgan fingerprint density at radius 2 is 0.833 bits per heavy atom. The predicted molar refractivity (Wildman–Crippen MR) is 91.0 cm³/mol. The van der Waals surface area contributed by atoms with Gasteiger partial charge in [-0.1, -0.05) is 79.8 Å². The summed E-state index contributed by atoms with van der Waals surface area (Å²) in [5.74, 6) is 0. The molecule has 0 aliphatic carbocycles. The van der Waals surface area contributed by atoms with Crippen molar-refractivity contribution in [2.45, 2.75) is 90.9 Å². The molecule has 1 aliphatic rings. The van der Waals surface area contributed by atoms with Crippen LogP contribution in [0.5, 0.6) is 0 Å². The molecule has 1 saturated heterocycles. The second-order valence-electron chi connectivity index (χ2n) is 10.2. The van der Waals surface area contributed by atoms with E-state index in [0.717, 1.165) is 11.1 Å². The third kappa shape index (κ3) is 3.12. The van der Waals surface area contributed by atoms with Gasteiger partial charge in [-0.25, -0.2) is 0 Å². The molecule has 2 unspecified atom stereocenters. The first kappa shape index (κ1) is 16.5. The van der Waals surface area contributed by atoms with Crippen LogP contribution in [0.3, 0.4) is 0 Å². The fraction of sp³-hybridized carbons (Fsp3) is 1.00. The van der Waals surface area contributed by atoms with Gasteiger partial charge in [0.15, 0.2) is 0 Å². The Bertz CT molecular complexity index is 270. The highest BCUT2D eigenvalue weighted by Gasteiger charge is 2.56. The average Bonchev–Trinajstić information content (AvgIpc) is 2.05. The molecule has 108 valence electrons. The van der Waals surface area contributed by atoms with E-state index in [1.165, 1.54) is 0 Å². The molecule has 0 aromatic rings. The van der Waals surface area contributed by atoms with Crippen LogP contribution in [0, 0.1) is 10.8 Å². The number of rotatable bonds is 0. The van der Waals surface area contributed by atoms with Crippen LogP contribution < -0.4 is 0 Å². The molecule has 1 aliphatic heterocycles. The van der Waals surface area contributed by atoms with Crippen LogP contribution >= 0.6 is 0 Å². The Morgan fingerprint density at radius 3 is 1.00 bits per heavy atom. The Hall–Kier alpha value is 0.434. The van der Waals surface area contributed by atoms with E-state index in [9.17, 15) is 0 Å². The Kier molecular flexibility index (Phi) is 4.10. The monoisotopic (exact) mass is 284 g/mol. The number of hydrogen-bond donors (Lipinski definition) is 0. The summed E-state index contributed by atoms with van der Waals surface area (Å²) in [7, 11) is -2.16. The van der Waals surface area contributed by atoms with Crippen molar-refractivity contribution >= 4 is 16.1 Å². The molecule has 2 atom stereocenters. The number of hydrogen-bond acceptors (Lipinski definition) is 0. The highest BCUT2D eigenvalue weighted by molar-refractivity contribution is 6.89. The van der Waals surface area contributed by atoms with Crippen LogP contribution in [0.25, 0.3) is 0 Å². The fourth-order valence-electron chi connectivity index (χ4n) is 5.20. The molecule has 18 heavy (non-hydrogen) atoms. The molecule has 1 rings (SSSR count). The first-order valence-corrected chi connectivity index (χ1v) is 14.3. The summed E-state index contributed by atoms with van der Waals surface area (Å²) < 4.78 is 0. The zero-order valence-corrected chi connectivity index (χ0v) is 16.6. The third-order valence-electron chi connectivity index (χ3n) is 5.30. The van der Waals surface area contributed by atoms with Crippen LogP contribution in [0.2, 0.25) is 49.4 Å². The van der Waals surface area contributed by atoms with Crippen molar-refractivity contribution in [2.75, 3.05) is 0 Å². The Morgan fingerprint density at radius 1 is 0.611 bits per heavy atom. The minimum absolute atomic E-state index is 0.484. The molecule has 0 nitrogen and oxygen atoms in total. The summed E-state index contributed by atoms with van der Waals surface area (Å²) in [5.41, 5.74) is 2.94. The predicted octanol–water partition coefficient (Wildman–Crippen LogP) is 6.25. The summed E-state index contributed by atoms with van der Waals surface area (Å²) in [6.07, 6.45) is 0. The average molecular weight is 285 g/mol. The molecule has 0 radical (unpaired) electrons. The summed E-state index contributed by atoms with van der Waals surface area (Å²) in [6.45, 7) is 25.6. The van der Waals surface area contributed by atoms with Crippen LogP contribution in [0.4, 0.5) is 0 Å². The molecular formula is C16H36Si2. The smallest absolute Gasteiger partial charge is 0.0507 e. The highest BCUT2D eigenvalue weighted by atomic mass is 28.3. The van der Waals surface area contributed by atoms with E-state index in [4.69, 9.17) is 0 Å². The first-order chi connectivity index (χ1) is 7.70. The lowest BCUT2D eigenvalue weighted by molar-refractivity contribution is 0.257. The Labute approximate surface area is 118 Å². The van der Waals surface area contributed by atoms with Crippen molar-refractivity contribution in [1.29, 1.82) is 0 Å². The van der Waals surface area contributed by atoms with Crippen molar-refractivity contribution in [3.05, 3.63) is 0 Å². The van der Waals surface area contributed by atoms with Gasteiger partial charge in [-0.05, 0) is 21.9 Å². The topological polar surface area (TPSA) is 0 Å². The van der Waals surface area contributed by atoms with Crippen LogP contribution in [0.1, 0.15) is 41.5 Å². The molecule has 2 heteroatoms. The molecule has 0 bridgehead atoms. The lowest BCUT2D eigenvalue weighted by atomic mass is 9.79. The molecule has 0 aromatic carbocycles. The van der Waals surface area contributed by atoms with Crippen LogP contribution in [-0.4, -0.2) is 16.1 Å². The minimum Gasteiger partial charge on any atom is -0.0691 e. The summed E-state index contributed by atoms with van der Waals surface area (Å²) in [5, 5.41) is 0. The second kappa shape index (κ2) is 4.48. The van der Waals surface area contributed by atoms with E-state index in [1.54, 1.807) is 12.1 Å². The van der Waals surface area contributed by atoms with Crippen molar-refractivity contribution in [3.8, 4) is 0 Å². The normalized spacial score (nSPS) is 32.3. The van der Waals surface area contributed by atoms with E-state index < -0.39 is 16.1 Å². The zero-order valence-electron chi connectivity index (χ0n) is 14.6. The quantitative estimate of drug-likeness (QED) is 0.461. The van der Waals surface area contributed by atoms with Gasteiger partial charge < -0.3 is 0 Å². The van der Waals surface area contributed by atoms with Crippen molar-refractivity contribution in [2.24, 2.45) is 10.8 Å². The van der Waals surface area contributed by atoms with E-state index >= 15 is 0 Å². The van der Waals surface area contributed by atoms with Gasteiger partial charge in [-0.3, -0.25) is 0 Å².